The number of rotatable bonds is 1. The molecule has 5 nitrogen and oxygen atoms in total. The van der Waals surface area contributed by atoms with Gasteiger partial charge in [-0.15, -0.1) is 0 Å². The maximum absolute atomic E-state index is 12.4. The topological polar surface area (TPSA) is 55.6 Å². The lowest BCUT2D eigenvalue weighted by Crippen LogP contribution is -2.38. The predicted octanol–water partition coefficient (Wildman–Crippen LogP) is 1.76. The summed E-state index contributed by atoms with van der Waals surface area (Å²) >= 11 is 0. The number of carbonyl (C=O) groups is 1. The molecule has 98 valence electrons. The lowest BCUT2D eigenvalue weighted by atomic mass is 10.1. The Bertz CT molecular complexity index is 435. The van der Waals surface area contributed by atoms with Gasteiger partial charge in [-0.1, -0.05) is 11.6 Å². The highest BCUT2D eigenvalue weighted by Gasteiger charge is 2.27. The number of aromatic nitrogens is 1. The van der Waals surface area contributed by atoms with Gasteiger partial charge in [-0.2, -0.15) is 0 Å². The fourth-order valence-electron chi connectivity index (χ4n) is 2.64. The van der Waals surface area contributed by atoms with E-state index in [1.54, 1.807) is 4.90 Å². The van der Waals surface area contributed by atoms with Crippen LogP contribution in [0.25, 0.3) is 0 Å². The van der Waals surface area contributed by atoms with Crippen molar-refractivity contribution < 1.29 is 14.1 Å². The van der Waals surface area contributed by atoms with Gasteiger partial charge in [-0.25, -0.2) is 0 Å². The van der Waals surface area contributed by atoms with E-state index in [4.69, 9.17) is 9.26 Å². The second-order valence-electron chi connectivity index (χ2n) is 4.95. The maximum atomic E-state index is 12.4. The molecule has 1 aliphatic carbocycles. The number of hydrogen-bond acceptors (Lipinski definition) is 4. The van der Waals surface area contributed by atoms with E-state index in [0.29, 0.717) is 12.4 Å². The van der Waals surface area contributed by atoms with Crippen molar-refractivity contribution in [3.8, 4) is 0 Å². The van der Waals surface area contributed by atoms with Gasteiger partial charge >= 0.3 is 0 Å². The summed E-state index contributed by atoms with van der Waals surface area (Å²) in [6.45, 7) is 1.86. The van der Waals surface area contributed by atoms with Crippen LogP contribution in [0.1, 0.15) is 47.5 Å². The first-order valence-corrected chi connectivity index (χ1v) is 6.70. The van der Waals surface area contributed by atoms with Crippen LogP contribution in [-0.2, 0) is 17.6 Å². The highest BCUT2D eigenvalue weighted by molar-refractivity contribution is 5.93. The Kier molecular flexibility index (Phi) is 3.32. The van der Waals surface area contributed by atoms with Gasteiger partial charge in [0.15, 0.2) is 5.69 Å². The third-order valence-corrected chi connectivity index (χ3v) is 3.65. The third kappa shape index (κ3) is 2.14. The number of hydrogen-bond donors (Lipinski definition) is 0. The summed E-state index contributed by atoms with van der Waals surface area (Å²) in [6.07, 6.45) is 6.16. The van der Waals surface area contributed by atoms with Gasteiger partial charge in [0, 0.05) is 18.5 Å². The van der Waals surface area contributed by atoms with E-state index >= 15 is 0 Å². The third-order valence-electron chi connectivity index (χ3n) is 3.65. The lowest BCUT2D eigenvalue weighted by Gasteiger charge is -2.26. The monoisotopic (exact) mass is 250 g/mol. The quantitative estimate of drug-likeness (QED) is 0.713. The Labute approximate surface area is 106 Å². The molecule has 0 saturated carbocycles. The summed E-state index contributed by atoms with van der Waals surface area (Å²) in [6, 6.07) is 0. The number of amides is 1. The average Bonchev–Trinajstić information content (AvgIpc) is 2.68. The van der Waals surface area contributed by atoms with Crippen LogP contribution in [0.4, 0.5) is 0 Å². The van der Waals surface area contributed by atoms with Crippen LogP contribution in [0.3, 0.4) is 0 Å². The molecule has 1 fully saturated rings. The van der Waals surface area contributed by atoms with Gasteiger partial charge in [0.1, 0.15) is 12.5 Å². The average molecular weight is 250 g/mol. The largest absolute Gasteiger partial charge is 0.361 e. The Hall–Kier alpha value is -1.36. The Morgan fingerprint density at radius 3 is 2.89 bits per heavy atom. The smallest absolute Gasteiger partial charge is 0.278 e. The number of aryl methyl sites for hydroxylation is 1. The molecule has 1 aromatic rings. The van der Waals surface area contributed by atoms with Gasteiger partial charge < -0.3 is 14.2 Å². The highest BCUT2D eigenvalue weighted by Crippen LogP contribution is 2.24. The van der Waals surface area contributed by atoms with E-state index in [0.717, 1.165) is 56.6 Å². The second kappa shape index (κ2) is 5.10. The lowest BCUT2D eigenvalue weighted by molar-refractivity contribution is -0.00628. The molecule has 0 atom stereocenters. The van der Waals surface area contributed by atoms with Gasteiger partial charge in [-0.3, -0.25) is 4.79 Å². The van der Waals surface area contributed by atoms with E-state index in [1.165, 1.54) is 6.42 Å². The van der Waals surface area contributed by atoms with Gasteiger partial charge in [0.05, 0.1) is 6.61 Å². The zero-order valence-electron chi connectivity index (χ0n) is 10.5. The summed E-state index contributed by atoms with van der Waals surface area (Å²) in [4.78, 5) is 14.1. The van der Waals surface area contributed by atoms with Crippen LogP contribution in [0.5, 0.6) is 0 Å². The summed E-state index contributed by atoms with van der Waals surface area (Å²) in [5.41, 5.74) is 1.54. The van der Waals surface area contributed by atoms with Crippen LogP contribution >= 0.6 is 0 Å². The molecule has 18 heavy (non-hydrogen) atoms. The summed E-state index contributed by atoms with van der Waals surface area (Å²) in [5.74, 6) is 0.871. The molecule has 0 N–H and O–H groups in total. The van der Waals surface area contributed by atoms with E-state index in [-0.39, 0.29) is 5.91 Å². The second-order valence-corrected chi connectivity index (χ2v) is 4.95. The fraction of sp³-hybridized carbons (Fsp3) is 0.692. The normalized spacial score (nSPS) is 20.3. The van der Waals surface area contributed by atoms with Crippen molar-refractivity contribution in [3.05, 3.63) is 17.0 Å². The van der Waals surface area contributed by atoms with Crippen LogP contribution in [-0.4, -0.2) is 35.8 Å². The summed E-state index contributed by atoms with van der Waals surface area (Å²) in [5, 5.41) is 3.99. The van der Waals surface area contributed by atoms with Crippen molar-refractivity contribution in [2.24, 2.45) is 0 Å². The Balaban J connectivity index is 1.83. The number of nitrogens with zero attached hydrogens (tertiary/aromatic N) is 2. The van der Waals surface area contributed by atoms with Crippen molar-refractivity contribution in [2.75, 3.05) is 19.9 Å². The standard InChI is InChI=1S/C13H18N2O3/c16-13(15-7-4-8-17-9-15)12-10-5-2-1-3-6-11(10)18-14-12/h1-9H2. The van der Waals surface area contributed by atoms with Crippen molar-refractivity contribution >= 4 is 5.91 Å². The minimum atomic E-state index is -0.0402. The Morgan fingerprint density at radius 1 is 1.17 bits per heavy atom. The fourth-order valence-corrected chi connectivity index (χ4v) is 2.64. The van der Waals surface area contributed by atoms with Crippen molar-refractivity contribution in [2.45, 2.75) is 38.5 Å². The number of fused-ring (bicyclic) bond motifs is 1. The first-order valence-electron chi connectivity index (χ1n) is 6.70. The molecule has 2 heterocycles. The molecular formula is C13H18N2O3. The zero-order valence-corrected chi connectivity index (χ0v) is 10.5. The van der Waals surface area contributed by atoms with Crippen LogP contribution < -0.4 is 0 Å². The van der Waals surface area contributed by atoms with Crippen molar-refractivity contribution in [1.29, 1.82) is 0 Å². The molecule has 0 spiro atoms. The highest BCUT2D eigenvalue weighted by atomic mass is 16.5. The minimum absolute atomic E-state index is 0.0402. The molecule has 0 unspecified atom stereocenters. The summed E-state index contributed by atoms with van der Waals surface area (Å²) in [7, 11) is 0. The number of carbonyl (C=O) groups excluding carboxylic acids is 1. The van der Waals surface area contributed by atoms with E-state index in [9.17, 15) is 4.79 Å². The van der Waals surface area contributed by atoms with Crippen LogP contribution in [0.2, 0.25) is 0 Å². The SMILES string of the molecule is O=C(c1noc2c1CCCCC2)N1CCCOC1. The van der Waals surface area contributed by atoms with Crippen LogP contribution in [0, 0.1) is 0 Å². The molecule has 2 aliphatic rings. The molecule has 0 radical (unpaired) electrons. The number of ether oxygens (including phenoxy) is 1. The van der Waals surface area contributed by atoms with Gasteiger partial charge in [-0.05, 0) is 25.7 Å². The molecule has 3 rings (SSSR count). The van der Waals surface area contributed by atoms with Crippen molar-refractivity contribution in [1.82, 2.24) is 10.1 Å². The molecule has 1 aliphatic heterocycles. The van der Waals surface area contributed by atoms with Crippen molar-refractivity contribution in [3.63, 3.8) is 0 Å². The zero-order chi connectivity index (χ0) is 12.4. The van der Waals surface area contributed by atoms with Gasteiger partial charge in [0.2, 0.25) is 0 Å². The molecule has 1 aromatic heterocycles. The molecule has 0 bridgehead atoms. The first-order chi connectivity index (χ1) is 8.86. The van der Waals surface area contributed by atoms with Gasteiger partial charge in [0.25, 0.3) is 5.91 Å². The molecular weight excluding hydrogens is 232 g/mol. The first kappa shape index (κ1) is 11.7. The molecule has 1 saturated heterocycles. The molecule has 1 amide bonds. The molecule has 5 heteroatoms. The van der Waals surface area contributed by atoms with Crippen LogP contribution in [0.15, 0.2) is 4.52 Å². The predicted molar refractivity (Wildman–Crippen MR) is 64.2 cm³/mol. The Morgan fingerprint density at radius 2 is 2.06 bits per heavy atom. The van der Waals surface area contributed by atoms with E-state index in [1.807, 2.05) is 0 Å². The van der Waals surface area contributed by atoms with E-state index < -0.39 is 0 Å². The molecule has 0 aromatic carbocycles. The van der Waals surface area contributed by atoms with E-state index in [2.05, 4.69) is 5.16 Å². The summed E-state index contributed by atoms with van der Waals surface area (Å²) < 4.78 is 10.7. The minimum Gasteiger partial charge on any atom is -0.361 e. The maximum Gasteiger partial charge on any atom is 0.278 e.